The molecular formula is C16H21BrN4O. The second-order valence-electron chi connectivity index (χ2n) is 5.08. The van der Waals surface area contributed by atoms with Gasteiger partial charge in [-0.25, -0.2) is 4.98 Å². The summed E-state index contributed by atoms with van der Waals surface area (Å²) in [7, 11) is 1.70. The van der Waals surface area contributed by atoms with Gasteiger partial charge in [0.2, 0.25) is 5.95 Å². The molecule has 1 aromatic heterocycles. The van der Waals surface area contributed by atoms with Gasteiger partial charge in [0.1, 0.15) is 5.82 Å². The molecule has 0 unspecified atom stereocenters. The number of nitrogens with zero attached hydrogens (tertiary/aromatic N) is 2. The van der Waals surface area contributed by atoms with E-state index in [9.17, 15) is 0 Å². The van der Waals surface area contributed by atoms with Gasteiger partial charge in [0.15, 0.2) is 0 Å². The van der Waals surface area contributed by atoms with E-state index in [0.29, 0.717) is 5.95 Å². The van der Waals surface area contributed by atoms with Crippen molar-refractivity contribution in [3.05, 3.63) is 40.0 Å². The number of rotatable bonds is 7. The Morgan fingerprint density at radius 2 is 2.00 bits per heavy atom. The summed E-state index contributed by atoms with van der Waals surface area (Å²) in [5.74, 6) is 1.40. The average molecular weight is 365 g/mol. The molecule has 0 aliphatic carbocycles. The molecule has 1 aromatic carbocycles. The smallest absolute Gasteiger partial charge is 0.229 e. The number of aromatic nitrogens is 2. The minimum Gasteiger partial charge on any atom is -0.385 e. The average Bonchev–Trinajstić information content (AvgIpc) is 2.47. The Bertz CT molecular complexity index is 634. The van der Waals surface area contributed by atoms with E-state index in [0.717, 1.165) is 41.2 Å². The third-order valence-corrected chi connectivity index (χ3v) is 3.97. The number of benzene rings is 1. The van der Waals surface area contributed by atoms with E-state index >= 15 is 0 Å². The molecule has 0 atom stereocenters. The number of hydrogen-bond donors (Lipinski definition) is 2. The van der Waals surface area contributed by atoms with E-state index in [1.807, 2.05) is 31.2 Å². The van der Waals surface area contributed by atoms with Crippen LogP contribution in [0.15, 0.2) is 28.7 Å². The number of methoxy groups -OCH3 is 1. The van der Waals surface area contributed by atoms with Gasteiger partial charge in [-0.3, -0.25) is 0 Å². The minimum atomic E-state index is 0.588. The maximum Gasteiger partial charge on any atom is 0.229 e. The summed E-state index contributed by atoms with van der Waals surface area (Å²) in [4.78, 5) is 8.91. The van der Waals surface area contributed by atoms with Crippen LogP contribution in [0.2, 0.25) is 0 Å². The highest BCUT2D eigenvalue weighted by Crippen LogP contribution is 2.23. The molecule has 0 fully saturated rings. The van der Waals surface area contributed by atoms with Gasteiger partial charge in [0.25, 0.3) is 0 Å². The second-order valence-corrected chi connectivity index (χ2v) is 5.93. The van der Waals surface area contributed by atoms with E-state index in [1.165, 1.54) is 5.56 Å². The van der Waals surface area contributed by atoms with Gasteiger partial charge in [0, 0.05) is 42.2 Å². The molecule has 0 radical (unpaired) electrons. The van der Waals surface area contributed by atoms with Crippen LogP contribution in [-0.4, -0.2) is 30.2 Å². The number of anilines is 3. The number of nitrogens with one attached hydrogen (secondary N) is 2. The summed E-state index contributed by atoms with van der Waals surface area (Å²) in [5.41, 5.74) is 3.06. The van der Waals surface area contributed by atoms with Crippen molar-refractivity contribution in [2.75, 3.05) is 30.9 Å². The number of hydrogen-bond acceptors (Lipinski definition) is 5. The van der Waals surface area contributed by atoms with Gasteiger partial charge in [0.05, 0.1) is 0 Å². The first kappa shape index (κ1) is 16.7. The maximum atomic E-state index is 5.04. The fraction of sp³-hybridized carbons (Fsp3) is 0.375. The molecule has 1 heterocycles. The normalized spacial score (nSPS) is 10.5. The highest BCUT2D eigenvalue weighted by atomic mass is 79.9. The third kappa shape index (κ3) is 4.96. The maximum absolute atomic E-state index is 5.04. The fourth-order valence-electron chi connectivity index (χ4n) is 1.95. The van der Waals surface area contributed by atoms with Crippen LogP contribution >= 0.6 is 15.9 Å². The van der Waals surface area contributed by atoms with Crippen molar-refractivity contribution in [2.24, 2.45) is 0 Å². The molecule has 0 bridgehead atoms. The third-order valence-electron chi connectivity index (χ3n) is 3.11. The summed E-state index contributed by atoms with van der Waals surface area (Å²) in [6.07, 6.45) is 0.938. The van der Waals surface area contributed by atoms with Crippen LogP contribution in [0.25, 0.3) is 0 Å². The Balaban J connectivity index is 2.06. The van der Waals surface area contributed by atoms with Crippen molar-refractivity contribution in [3.8, 4) is 0 Å². The number of aryl methyl sites for hydroxylation is 2. The quantitative estimate of drug-likeness (QED) is 0.725. The summed E-state index contributed by atoms with van der Waals surface area (Å²) < 4.78 is 6.10. The highest BCUT2D eigenvalue weighted by molar-refractivity contribution is 9.10. The van der Waals surface area contributed by atoms with Crippen LogP contribution in [0.1, 0.15) is 17.7 Å². The van der Waals surface area contributed by atoms with Crippen molar-refractivity contribution in [3.63, 3.8) is 0 Å². The summed E-state index contributed by atoms with van der Waals surface area (Å²) in [6.45, 7) is 5.57. The lowest BCUT2D eigenvalue weighted by atomic mass is 10.2. The molecule has 0 saturated carbocycles. The van der Waals surface area contributed by atoms with E-state index in [4.69, 9.17) is 4.74 Å². The van der Waals surface area contributed by atoms with Crippen molar-refractivity contribution in [1.82, 2.24) is 9.97 Å². The zero-order valence-electron chi connectivity index (χ0n) is 13.1. The van der Waals surface area contributed by atoms with Gasteiger partial charge in [-0.2, -0.15) is 4.98 Å². The van der Waals surface area contributed by atoms with E-state index < -0.39 is 0 Å². The molecule has 2 rings (SSSR count). The Hall–Kier alpha value is -1.66. The zero-order valence-corrected chi connectivity index (χ0v) is 14.7. The first-order valence-corrected chi connectivity index (χ1v) is 7.99. The van der Waals surface area contributed by atoms with Crippen LogP contribution in [-0.2, 0) is 4.74 Å². The zero-order chi connectivity index (χ0) is 15.9. The molecule has 0 aliphatic heterocycles. The van der Waals surface area contributed by atoms with Crippen molar-refractivity contribution in [1.29, 1.82) is 0 Å². The minimum absolute atomic E-state index is 0.588. The van der Waals surface area contributed by atoms with Crippen LogP contribution in [0.3, 0.4) is 0 Å². The van der Waals surface area contributed by atoms with Crippen LogP contribution < -0.4 is 10.6 Å². The Morgan fingerprint density at radius 1 is 1.18 bits per heavy atom. The predicted octanol–water partition coefficient (Wildman–Crippen LogP) is 4.05. The summed E-state index contributed by atoms with van der Waals surface area (Å²) in [6, 6.07) is 8.01. The van der Waals surface area contributed by atoms with E-state index in [2.05, 4.69) is 43.5 Å². The lowest BCUT2D eigenvalue weighted by Gasteiger charge is -2.10. The molecule has 0 spiro atoms. The Kier molecular flexibility index (Phi) is 6.15. The SMILES string of the molecule is COCCCNc1cc(C)nc(Nc2ccc(C)c(Br)c2)n1. The first-order valence-electron chi connectivity index (χ1n) is 7.20. The molecular weight excluding hydrogens is 344 g/mol. The van der Waals surface area contributed by atoms with Gasteiger partial charge >= 0.3 is 0 Å². The Labute approximate surface area is 139 Å². The second kappa shape index (κ2) is 8.10. The predicted molar refractivity (Wildman–Crippen MR) is 93.9 cm³/mol. The van der Waals surface area contributed by atoms with Crippen molar-refractivity contribution >= 4 is 33.4 Å². The Morgan fingerprint density at radius 3 is 2.73 bits per heavy atom. The van der Waals surface area contributed by atoms with Crippen molar-refractivity contribution in [2.45, 2.75) is 20.3 Å². The largest absolute Gasteiger partial charge is 0.385 e. The molecule has 2 aromatic rings. The molecule has 2 N–H and O–H groups in total. The molecule has 6 heteroatoms. The highest BCUT2D eigenvalue weighted by Gasteiger charge is 2.04. The fourth-order valence-corrected chi connectivity index (χ4v) is 2.33. The molecule has 22 heavy (non-hydrogen) atoms. The molecule has 118 valence electrons. The van der Waals surface area contributed by atoms with Gasteiger partial charge in [-0.1, -0.05) is 22.0 Å². The van der Waals surface area contributed by atoms with Gasteiger partial charge in [-0.15, -0.1) is 0 Å². The van der Waals surface area contributed by atoms with Crippen LogP contribution in [0.5, 0.6) is 0 Å². The van der Waals surface area contributed by atoms with Gasteiger partial charge in [-0.05, 0) is 38.0 Å². The topological polar surface area (TPSA) is 59.1 Å². The lowest BCUT2D eigenvalue weighted by molar-refractivity contribution is 0.198. The number of halogens is 1. The molecule has 0 amide bonds. The first-order chi connectivity index (χ1) is 10.6. The lowest BCUT2D eigenvalue weighted by Crippen LogP contribution is -2.08. The molecule has 5 nitrogen and oxygen atoms in total. The van der Waals surface area contributed by atoms with Crippen LogP contribution in [0, 0.1) is 13.8 Å². The van der Waals surface area contributed by atoms with E-state index in [1.54, 1.807) is 7.11 Å². The summed E-state index contributed by atoms with van der Waals surface area (Å²) >= 11 is 3.53. The van der Waals surface area contributed by atoms with E-state index in [-0.39, 0.29) is 0 Å². The molecule has 0 aliphatic rings. The number of ether oxygens (including phenoxy) is 1. The van der Waals surface area contributed by atoms with Gasteiger partial charge < -0.3 is 15.4 Å². The van der Waals surface area contributed by atoms with Crippen LogP contribution in [0.4, 0.5) is 17.5 Å². The molecule has 0 saturated heterocycles. The standard InChI is InChI=1S/C16H21BrN4O/c1-11-5-6-13(10-14(11)17)20-16-19-12(2)9-15(21-16)18-7-4-8-22-3/h5-6,9-10H,4,7-8H2,1-3H3,(H2,18,19,20,21). The van der Waals surface area contributed by atoms with Crippen molar-refractivity contribution < 1.29 is 4.74 Å². The summed E-state index contributed by atoms with van der Waals surface area (Å²) in [5, 5.41) is 6.52. The monoisotopic (exact) mass is 364 g/mol.